The molecular weight excluding hydrogens is 532 g/mol. The standard InChI is InChI=1S/C31H30O10/c1-15-16(2)26(41-31(33)18-9-7-6-8-10-18)20-12-22-28(39-14-37-22)30(35-5)24(20)23-19(25(15)40-17(3)32)11-21-27(29(23)34-4)38-13-36-21/h6-12,15-16,25-26H,13-14H2,1-5H3/t15-,16-,25+,26+/m0/s1. The van der Waals surface area contributed by atoms with Gasteiger partial charge < -0.3 is 37.9 Å². The summed E-state index contributed by atoms with van der Waals surface area (Å²) < 4.78 is 47.4. The van der Waals surface area contributed by atoms with Crippen LogP contribution in [0.5, 0.6) is 34.5 Å². The molecule has 3 aromatic rings. The van der Waals surface area contributed by atoms with Crippen LogP contribution in [-0.2, 0) is 14.3 Å². The Morgan fingerprint density at radius 3 is 1.68 bits per heavy atom. The third-order valence-corrected chi connectivity index (χ3v) is 7.89. The van der Waals surface area contributed by atoms with Crippen molar-refractivity contribution in [1.29, 1.82) is 0 Å². The lowest BCUT2D eigenvalue weighted by molar-refractivity contribution is -0.151. The maximum atomic E-state index is 13.5. The number of rotatable bonds is 5. The summed E-state index contributed by atoms with van der Waals surface area (Å²) in [6.07, 6.45) is -1.57. The molecule has 10 nitrogen and oxygen atoms in total. The predicted octanol–water partition coefficient (Wildman–Crippen LogP) is 5.62. The van der Waals surface area contributed by atoms with E-state index in [-0.39, 0.29) is 25.4 Å². The highest BCUT2D eigenvalue weighted by atomic mass is 16.7. The molecule has 3 aliphatic rings. The smallest absolute Gasteiger partial charge is 0.338 e. The van der Waals surface area contributed by atoms with Crippen LogP contribution in [0.2, 0.25) is 0 Å². The lowest BCUT2D eigenvalue weighted by atomic mass is 9.74. The highest BCUT2D eigenvalue weighted by Crippen LogP contribution is 2.61. The zero-order chi connectivity index (χ0) is 28.8. The molecule has 4 atom stereocenters. The quantitative estimate of drug-likeness (QED) is 0.364. The molecule has 1 aliphatic carbocycles. The fourth-order valence-corrected chi connectivity index (χ4v) is 5.81. The summed E-state index contributed by atoms with van der Waals surface area (Å²) >= 11 is 0. The Hall–Kier alpha value is -4.60. The topological polar surface area (TPSA) is 108 Å². The molecule has 0 aromatic heterocycles. The molecule has 0 bridgehead atoms. The molecule has 0 unspecified atom stereocenters. The molecule has 0 spiro atoms. The van der Waals surface area contributed by atoms with E-state index in [4.69, 9.17) is 37.9 Å². The van der Waals surface area contributed by atoms with E-state index in [0.717, 1.165) is 0 Å². The number of carbonyl (C=O) groups is 2. The zero-order valence-corrected chi connectivity index (χ0v) is 23.3. The molecular formula is C31H30O10. The fourth-order valence-electron chi connectivity index (χ4n) is 5.81. The number of hydrogen-bond donors (Lipinski definition) is 0. The van der Waals surface area contributed by atoms with Gasteiger partial charge in [0.05, 0.1) is 19.8 Å². The van der Waals surface area contributed by atoms with Crippen molar-refractivity contribution in [1.82, 2.24) is 0 Å². The second-order valence-electron chi connectivity index (χ2n) is 10.2. The monoisotopic (exact) mass is 562 g/mol. The van der Waals surface area contributed by atoms with E-state index < -0.39 is 24.1 Å². The molecule has 41 heavy (non-hydrogen) atoms. The van der Waals surface area contributed by atoms with Crippen molar-refractivity contribution in [3.8, 4) is 45.6 Å². The normalized spacial score (nSPS) is 21.6. The van der Waals surface area contributed by atoms with Gasteiger partial charge in [-0.25, -0.2) is 4.79 Å². The lowest BCUT2D eigenvalue weighted by Crippen LogP contribution is -2.31. The third-order valence-electron chi connectivity index (χ3n) is 7.89. The molecule has 0 saturated heterocycles. The minimum atomic E-state index is -0.808. The van der Waals surface area contributed by atoms with Crippen molar-refractivity contribution < 1.29 is 47.5 Å². The van der Waals surface area contributed by atoms with Gasteiger partial charge in [-0.1, -0.05) is 32.0 Å². The van der Waals surface area contributed by atoms with Crippen LogP contribution in [-0.4, -0.2) is 39.7 Å². The summed E-state index contributed by atoms with van der Waals surface area (Å²) in [6, 6.07) is 12.4. The van der Waals surface area contributed by atoms with Crippen molar-refractivity contribution >= 4 is 11.9 Å². The SMILES string of the molecule is COc1c2c(cc3c1-c1c(cc4c(c1OC)OCO4)[C@H](OC(=O)c1ccccc1)[C@@H](C)[C@H](C)[C@H]3OC(C)=O)OCO2. The summed E-state index contributed by atoms with van der Waals surface area (Å²) in [5.41, 5.74) is 2.75. The van der Waals surface area contributed by atoms with Gasteiger partial charge in [-0.15, -0.1) is 0 Å². The summed E-state index contributed by atoms with van der Waals surface area (Å²) in [7, 11) is 3.05. The fraction of sp³-hybridized carbons (Fsp3) is 0.355. The molecule has 214 valence electrons. The number of benzene rings is 3. The van der Waals surface area contributed by atoms with E-state index in [0.29, 0.717) is 62.3 Å². The Morgan fingerprint density at radius 1 is 0.732 bits per heavy atom. The summed E-state index contributed by atoms with van der Waals surface area (Å²) in [5, 5.41) is 0. The first-order valence-electron chi connectivity index (χ1n) is 13.3. The number of ether oxygens (including phenoxy) is 8. The van der Waals surface area contributed by atoms with E-state index in [9.17, 15) is 9.59 Å². The van der Waals surface area contributed by atoms with Crippen LogP contribution in [0, 0.1) is 11.8 Å². The van der Waals surface area contributed by atoms with Crippen molar-refractivity contribution in [2.45, 2.75) is 33.0 Å². The number of esters is 2. The van der Waals surface area contributed by atoms with Crippen molar-refractivity contribution in [2.75, 3.05) is 27.8 Å². The Balaban J connectivity index is 1.68. The summed E-state index contributed by atoms with van der Waals surface area (Å²) in [5.74, 6) is 0.797. The highest BCUT2D eigenvalue weighted by molar-refractivity contribution is 5.91. The summed E-state index contributed by atoms with van der Waals surface area (Å²) in [6.45, 7) is 5.27. The van der Waals surface area contributed by atoms with Crippen LogP contribution >= 0.6 is 0 Å². The van der Waals surface area contributed by atoms with E-state index in [1.165, 1.54) is 21.1 Å². The largest absolute Gasteiger partial charge is 0.492 e. The Morgan fingerprint density at radius 2 is 1.22 bits per heavy atom. The van der Waals surface area contributed by atoms with Crippen LogP contribution in [0.25, 0.3) is 11.1 Å². The first-order valence-corrected chi connectivity index (χ1v) is 13.3. The molecule has 0 radical (unpaired) electrons. The number of fused-ring (bicyclic) bond motifs is 5. The second-order valence-corrected chi connectivity index (χ2v) is 10.2. The Labute approximate surface area is 237 Å². The number of hydrogen-bond acceptors (Lipinski definition) is 10. The third kappa shape index (κ3) is 4.34. The minimum Gasteiger partial charge on any atom is -0.492 e. The molecule has 0 fully saturated rings. The minimum absolute atomic E-state index is 0.00121. The van der Waals surface area contributed by atoms with E-state index in [2.05, 4.69) is 0 Å². The van der Waals surface area contributed by atoms with Gasteiger partial charge in [0.2, 0.25) is 25.1 Å². The van der Waals surface area contributed by atoms with Gasteiger partial charge in [-0.3, -0.25) is 4.79 Å². The van der Waals surface area contributed by atoms with Gasteiger partial charge in [0.15, 0.2) is 23.0 Å². The average Bonchev–Trinajstić information content (AvgIpc) is 3.65. The van der Waals surface area contributed by atoms with E-state index >= 15 is 0 Å². The van der Waals surface area contributed by atoms with E-state index in [1.54, 1.807) is 30.3 Å². The summed E-state index contributed by atoms with van der Waals surface area (Å²) in [4.78, 5) is 26.0. The zero-order valence-electron chi connectivity index (χ0n) is 23.3. The van der Waals surface area contributed by atoms with Gasteiger partial charge in [0, 0.05) is 41.0 Å². The molecule has 0 saturated carbocycles. The van der Waals surface area contributed by atoms with Crippen LogP contribution in [0.3, 0.4) is 0 Å². The highest BCUT2D eigenvalue weighted by Gasteiger charge is 2.45. The molecule has 0 amide bonds. The maximum Gasteiger partial charge on any atom is 0.338 e. The molecule has 2 heterocycles. The maximum absolute atomic E-state index is 13.5. The van der Waals surface area contributed by atoms with Gasteiger partial charge >= 0.3 is 11.9 Å². The average molecular weight is 563 g/mol. The van der Waals surface area contributed by atoms with E-state index in [1.807, 2.05) is 26.0 Å². The van der Waals surface area contributed by atoms with Crippen molar-refractivity contribution in [2.24, 2.45) is 11.8 Å². The predicted molar refractivity (Wildman–Crippen MR) is 145 cm³/mol. The van der Waals surface area contributed by atoms with Crippen molar-refractivity contribution in [3.63, 3.8) is 0 Å². The van der Waals surface area contributed by atoms with Gasteiger partial charge in [-0.05, 0) is 24.3 Å². The van der Waals surface area contributed by atoms with Gasteiger partial charge in [0.25, 0.3) is 0 Å². The molecule has 10 heteroatoms. The van der Waals surface area contributed by atoms with Gasteiger partial charge in [0.1, 0.15) is 12.2 Å². The van der Waals surface area contributed by atoms with Crippen LogP contribution in [0.15, 0.2) is 42.5 Å². The molecule has 3 aromatic carbocycles. The van der Waals surface area contributed by atoms with Crippen LogP contribution in [0.1, 0.15) is 54.5 Å². The van der Waals surface area contributed by atoms with Crippen LogP contribution < -0.4 is 28.4 Å². The van der Waals surface area contributed by atoms with Gasteiger partial charge in [-0.2, -0.15) is 0 Å². The number of methoxy groups -OCH3 is 2. The second kappa shape index (κ2) is 10.4. The van der Waals surface area contributed by atoms with Crippen LogP contribution in [0.4, 0.5) is 0 Å². The molecule has 0 N–H and O–H groups in total. The lowest BCUT2D eigenvalue weighted by Gasteiger charge is -2.38. The first kappa shape index (κ1) is 26.6. The first-order chi connectivity index (χ1) is 19.8. The molecule has 2 aliphatic heterocycles. The number of carbonyl (C=O) groups excluding carboxylic acids is 2. The molecule has 6 rings (SSSR count). The van der Waals surface area contributed by atoms with Crippen molar-refractivity contribution in [3.05, 3.63) is 59.2 Å². The Kier molecular flexibility index (Phi) is 6.76. The Bertz CT molecular complexity index is 1520.